The fraction of sp³-hybridized carbons (Fsp3) is 0.250. The number of benzene rings is 2. The van der Waals surface area contributed by atoms with Crippen LogP contribution in [-0.4, -0.2) is 29.7 Å². The van der Waals surface area contributed by atoms with Crippen LogP contribution < -0.4 is 0 Å². The maximum atomic E-state index is 12.8. The summed E-state index contributed by atoms with van der Waals surface area (Å²) in [7, 11) is 0. The lowest BCUT2D eigenvalue weighted by Crippen LogP contribution is -2.43. The largest absolute Gasteiger partial charge is 0.379 e. The van der Waals surface area contributed by atoms with Crippen LogP contribution in [0.15, 0.2) is 52.3 Å². The third-order valence-electron chi connectivity index (χ3n) is 3.80. The monoisotopic (exact) mass is 408 g/mol. The van der Waals surface area contributed by atoms with Gasteiger partial charge in [-0.25, -0.2) is 0 Å². The Morgan fingerprint density at radius 3 is 2.54 bits per heavy atom. The zero-order valence-electron chi connectivity index (χ0n) is 14.2. The summed E-state index contributed by atoms with van der Waals surface area (Å²) in [4.78, 5) is 14.5. The van der Waals surface area contributed by atoms with Crippen LogP contribution in [0.5, 0.6) is 0 Å². The zero-order valence-corrected chi connectivity index (χ0v) is 16.5. The van der Waals surface area contributed by atoms with Gasteiger partial charge in [-0.05, 0) is 30.7 Å². The number of aliphatic hydroxyl groups is 1. The molecule has 0 radical (unpaired) electrons. The van der Waals surface area contributed by atoms with Crippen molar-refractivity contribution < 1.29 is 14.6 Å². The van der Waals surface area contributed by atoms with Gasteiger partial charge in [-0.15, -0.1) is 6.42 Å². The second kappa shape index (κ2) is 9.45. The number of ether oxygens (including phenoxy) is 1. The fourth-order valence-electron chi connectivity index (χ4n) is 2.26. The highest BCUT2D eigenvalue weighted by Crippen LogP contribution is 2.39. The minimum atomic E-state index is -1.71. The predicted octanol–water partition coefficient (Wildman–Crippen LogP) is 5.12. The predicted molar refractivity (Wildman–Crippen MR) is 106 cm³/mol. The quantitative estimate of drug-likeness (QED) is 0.374. The number of carbonyl (C=O) groups excluding carboxylic acids is 1. The molecular formula is C20H18Cl2O3S. The molecule has 1 unspecified atom stereocenters. The van der Waals surface area contributed by atoms with Crippen LogP contribution in [0.25, 0.3) is 0 Å². The Labute approximate surface area is 167 Å². The highest BCUT2D eigenvalue weighted by molar-refractivity contribution is 7.99. The molecule has 1 atom stereocenters. The highest BCUT2D eigenvalue weighted by atomic mass is 35.5. The molecule has 0 saturated carbocycles. The lowest BCUT2D eigenvalue weighted by atomic mass is 9.91. The molecule has 0 spiro atoms. The molecule has 6 heteroatoms. The van der Waals surface area contributed by atoms with Crippen LogP contribution in [0.4, 0.5) is 0 Å². The Balaban J connectivity index is 2.28. The van der Waals surface area contributed by atoms with E-state index in [-0.39, 0.29) is 35.2 Å². The Kier molecular flexibility index (Phi) is 7.57. The van der Waals surface area contributed by atoms with Crippen LogP contribution >= 0.6 is 35.0 Å². The van der Waals surface area contributed by atoms with Crippen molar-refractivity contribution in [1.29, 1.82) is 0 Å². The number of hydrogen-bond acceptors (Lipinski definition) is 4. The number of carbonyl (C=O) groups is 1. The molecule has 3 nitrogen and oxygen atoms in total. The normalized spacial score (nSPS) is 13.0. The van der Waals surface area contributed by atoms with Gasteiger partial charge in [-0.2, -0.15) is 0 Å². The van der Waals surface area contributed by atoms with E-state index >= 15 is 0 Å². The molecule has 0 aromatic heterocycles. The maximum absolute atomic E-state index is 12.8. The average Bonchev–Trinajstić information content (AvgIpc) is 2.66. The summed E-state index contributed by atoms with van der Waals surface area (Å²) in [6, 6.07) is 13.0. The van der Waals surface area contributed by atoms with E-state index in [1.807, 2.05) is 30.3 Å². The second-order valence-corrected chi connectivity index (χ2v) is 7.44. The number of rotatable bonds is 8. The first-order valence-corrected chi connectivity index (χ1v) is 9.49. The standard InChI is InChI=1S/C20H18Cl2O3S/c1-3-12-25-13-20(24,4-2)19(23)15-10-11-16(18(22)17(15)21)26-14-8-6-5-7-9-14/h1,5-11,24H,4,12-13H2,2H3. The van der Waals surface area contributed by atoms with Crippen LogP contribution in [0.1, 0.15) is 23.7 Å². The van der Waals surface area contributed by atoms with E-state index < -0.39 is 11.4 Å². The summed E-state index contributed by atoms with van der Waals surface area (Å²) in [5, 5.41) is 11.0. The van der Waals surface area contributed by atoms with Gasteiger partial charge >= 0.3 is 0 Å². The van der Waals surface area contributed by atoms with Crippen molar-refractivity contribution in [3.8, 4) is 12.3 Å². The molecule has 1 N–H and O–H groups in total. The molecule has 0 saturated heterocycles. The van der Waals surface area contributed by atoms with Crippen molar-refractivity contribution in [2.45, 2.75) is 28.7 Å². The van der Waals surface area contributed by atoms with E-state index in [0.29, 0.717) is 0 Å². The summed E-state index contributed by atoms with van der Waals surface area (Å²) in [5.41, 5.74) is -1.56. The van der Waals surface area contributed by atoms with Gasteiger partial charge in [0.05, 0.1) is 16.7 Å². The van der Waals surface area contributed by atoms with E-state index in [1.54, 1.807) is 19.1 Å². The highest BCUT2D eigenvalue weighted by Gasteiger charge is 2.36. The van der Waals surface area contributed by atoms with Crippen molar-refractivity contribution >= 4 is 40.7 Å². The summed E-state index contributed by atoms with van der Waals surface area (Å²) in [6.45, 7) is 1.49. The molecule has 0 aliphatic heterocycles. The van der Waals surface area contributed by atoms with Gasteiger partial charge in [0.15, 0.2) is 11.4 Å². The minimum absolute atomic E-state index is 0.0106. The third-order valence-corrected chi connectivity index (χ3v) is 5.86. The molecule has 0 fully saturated rings. The van der Waals surface area contributed by atoms with Gasteiger partial charge in [-0.3, -0.25) is 4.79 Å². The SMILES string of the molecule is C#CCOCC(O)(CC)C(=O)c1ccc(Sc2ccccc2)c(Cl)c1Cl. The van der Waals surface area contributed by atoms with Gasteiger partial charge in [0.25, 0.3) is 0 Å². The molecule has 2 rings (SSSR count). The van der Waals surface area contributed by atoms with Gasteiger partial charge in [-0.1, -0.05) is 66.0 Å². The van der Waals surface area contributed by atoms with Gasteiger partial charge < -0.3 is 9.84 Å². The van der Waals surface area contributed by atoms with Crippen LogP contribution in [0.3, 0.4) is 0 Å². The molecule has 0 heterocycles. The van der Waals surface area contributed by atoms with E-state index in [2.05, 4.69) is 5.92 Å². The van der Waals surface area contributed by atoms with Crippen molar-refractivity contribution in [1.82, 2.24) is 0 Å². The zero-order chi connectivity index (χ0) is 19.2. The maximum Gasteiger partial charge on any atom is 0.198 e. The Morgan fingerprint density at radius 2 is 1.92 bits per heavy atom. The second-order valence-electron chi connectivity index (χ2n) is 5.57. The molecule has 2 aromatic rings. The molecule has 0 aliphatic rings. The van der Waals surface area contributed by atoms with Crippen molar-refractivity contribution in [2.75, 3.05) is 13.2 Å². The van der Waals surface area contributed by atoms with Crippen molar-refractivity contribution in [3.05, 3.63) is 58.1 Å². The van der Waals surface area contributed by atoms with E-state index in [1.165, 1.54) is 11.8 Å². The number of Topliss-reactive ketones (excluding diaryl/α,β-unsaturated/α-hetero) is 1. The first kappa shape index (κ1) is 20.8. The topological polar surface area (TPSA) is 46.5 Å². The summed E-state index contributed by atoms with van der Waals surface area (Å²) >= 11 is 14.1. The lowest BCUT2D eigenvalue weighted by molar-refractivity contribution is -0.0229. The third kappa shape index (κ3) is 4.82. The Bertz CT molecular complexity index is 818. The Morgan fingerprint density at radius 1 is 1.23 bits per heavy atom. The van der Waals surface area contributed by atoms with E-state index in [0.717, 1.165) is 9.79 Å². The van der Waals surface area contributed by atoms with Crippen LogP contribution in [0, 0.1) is 12.3 Å². The summed E-state index contributed by atoms with van der Waals surface area (Å²) < 4.78 is 5.17. The van der Waals surface area contributed by atoms with Crippen molar-refractivity contribution in [2.24, 2.45) is 0 Å². The first-order chi connectivity index (χ1) is 12.4. The van der Waals surface area contributed by atoms with Crippen LogP contribution in [-0.2, 0) is 4.74 Å². The Hall–Kier alpha value is -1.48. The van der Waals surface area contributed by atoms with E-state index in [4.69, 9.17) is 34.4 Å². The van der Waals surface area contributed by atoms with Gasteiger partial charge in [0, 0.05) is 15.4 Å². The molecule has 0 amide bonds. The first-order valence-electron chi connectivity index (χ1n) is 7.92. The fourth-order valence-corrected chi connectivity index (χ4v) is 3.72. The lowest BCUT2D eigenvalue weighted by Gasteiger charge is -2.25. The smallest absolute Gasteiger partial charge is 0.198 e. The van der Waals surface area contributed by atoms with Gasteiger partial charge in [0.2, 0.25) is 0 Å². The number of ketones is 1. The molecule has 2 aromatic carbocycles. The summed E-state index contributed by atoms with van der Waals surface area (Å²) in [6.07, 6.45) is 5.29. The molecule has 136 valence electrons. The molecule has 0 aliphatic carbocycles. The summed E-state index contributed by atoms with van der Waals surface area (Å²) in [5.74, 6) is 1.76. The van der Waals surface area contributed by atoms with Crippen LogP contribution in [0.2, 0.25) is 10.0 Å². The number of terminal acetylenes is 1. The van der Waals surface area contributed by atoms with Gasteiger partial charge in [0.1, 0.15) is 6.61 Å². The average molecular weight is 409 g/mol. The molecule has 26 heavy (non-hydrogen) atoms. The molecule has 0 bridgehead atoms. The van der Waals surface area contributed by atoms with E-state index in [9.17, 15) is 9.90 Å². The molecular weight excluding hydrogens is 391 g/mol. The van der Waals surface area contributed by atoms with Crippen molar-refractivity contribution in [3.63, 3.8) is 0 Å². The number of hydrogen-bond donors (Lipinski definition) is 1. The number of halogens is 2. The minimum Gasteiger partial charge on any atom is -0.379 e.